The Morgan fingerprint density at radius 2 is 2.17 bits per heavy atom. The van der Waals surface area contributed by atoms with Crippen LogP contribution < -0.4 is 10.2 Å². The molecule has 3 rings (SSSR count). The average molecular weight is 326 g/mol. The molecule has 0 aliphatic carbocycles. The Kier molecular flexibility index (Phi) is 5.33. The molecule has 1 N–H and O–H groups in total. The number of carbonyl (C=O) groups excluding carboxylic acids is 1. The van der Waals surface area contributed by atoms with E-state index in [9.17, 15) is 4.79 Å². The van der Waals surface area contributed by atoms with Crippen molar-refractivity contribution in [2.45, 2.75) is 18.9 Å². The third-order valence-corrected chi connectivity index (χ3v) is 4.15. The summed E-state index contributed by atoms with van der Waals surface area (Å²) in [4.78, 5) is 14.2. The number of carbonyl (C=O) groups is 1. The second-order valence-corrected chi connectivity index (χ2v) is 5.83. The highest BCUT2D eigenvalue weighted by molar-refractivity contribution is 6.01. The molecule has 0 bridgehead atoms. The van der Waals surface area contributed by atoms with Crippen molar-refractivity contribution >= 4 is 23.4 Å². The molecule has 1 aromatic carbocycles. The van der Waals surface area contributed by atoms with Gasteiger partial charge in [-0.15, -0.1) is 0 Å². The Bertz CT molecular complexity index is 677. The van der Waals surface area contributed by atoms with Gasteiger partial charge in [0, 0.05) is 37.7 Å². The Balaban J connectivity index is 1.57. The number of nitrogens with one attached hydrogen (secondary N) is 1. The summed E-state index contributed by atoms with van der Waals surface area (Å²) >= 11 is 0. The number of methoxy groups -OCH3 is 1. The van der Waals surface area contributed by atoms with Gasteiger partial charge in [-0.1, -0.05) is 0 Å². The maximum absolute atomic E-state index is 11.9. The van der Waals surface area contributed by atoms with E-state index in [0.717, 1.165) is 37.3 Å². The summed E-state index contributed by atoms with van der Waals surface area (Å²) < 4.78 is 10.6. The lowest BCUT2D eigenvalue weighted by Gasteiger charge is -2.33. The summed E-state index contributed by atoms with van der Waals surface area (Å²) in [6.07, 6.45) is 7.22. The minimum atomic E-state index is -0.184. The molecule has 126 valence electrons. The number of ether oxygens (including phenoxy) is 1. The lowest BCUT2D eigenvalue weighted by molar-refractivity contribution is -0.111. The van der Waals surface area contributed by atoms with Crippen molar-refractivity contribution in [1.29, 1.82) is 0 Å². The van der Waals surface area contributed by atoms with Gasteiger partial charge >= 0.3 is 0 Å². The summed E-state index contributed by atoms with van der Waals surface area (Å²) in [5.41, 5.74) is 1.93. The second kappa shape index (κ2) is 7.84. The Hall–Kier alpha value is -2.53. The van der Waals surface area contributed by atoms with E-state index >= 15 is 0 Å². The molecule has 1 amide bonds. The van der Waals surface area contributed by atoms with E-state index in [1.54, 1.807) is 31.6 Å². The number of anilines is 2. The standard InChI is InChI=1S/C19H22N2O3/c1-23-18-4-2-12-21(14-18)16-8-6-15(7-9-16)20-19(22)11-10-17-5-3-13-24-17/h3,5-11,13,18H,2,4,12,14H2,1H3,(H,20,22). The van der Waals surface area contributed by atoms with Crippen LogP contribution in [0.3, 0.4) is 0 Å². The van der Waals surface area contributed by atoms with E-state index in [1.165, 1.54) is 6.08 Å². The average Bonchev–Trinajstić information content (AvgIpc) is 3.14. The van der Waals surface area contributed by atoms with Gasteiger partial charge in [-0.3, -0.25) is 4.79 Å². The molecule has 0 spiro atoms. The first-order valence-corrected chi connectivity index (χ1v) is 8.15. The smallest absolute Gasteiger partial charge is 0.248 e. The second-order valence-electron chi connectivity index (χ2n) is 5.83. The number of furan rings is 1. The van der Waals surface area contributed by atoms with Gasteiger partial charge in [-0.2, -0.15) is 0 Å². The van der Waals surface area contributed by atoms with E-state index in [1.807, 2.05) is 24.3 Å². The number of benzene rings is 1. The lowest BCUT2D eigenvalue weighted by atomic mass is 10.1. The fourth-order valence-corrected chi connectivity index (χ4v) is 2.85. The van der Waals surface area contributed by atoms with Crippen LogP contribution in [0, 0.1) is 0 Å². The highest BCUT2D eigenvalue weighted by atomic mass is 16.5. The first-order valence-electron chi connectivity index (χ1n) is 8.15. The van der Waals surface area contributed by atoms with E-state index in [-0.39, 0.29) is 5.91 Å². The zero-order valence-corrected chi connectivity index (χ0v) is 13.8. The van der Waals surface area contributed by atoms with E-state index in [4.69, 9.17) is 9.15 Å². The topological polar surface area (TPSA) is 54.7 Å². The molecule has 1 unspecified atom stereocenters. The first-order chi connectivity index (χ1) is 11.7. The fourth-order valence-electron chi connectivity index (χ4n) is 2.85. The summed E-state index contributed by atoms with van der Waals surface area (Å²) in [7, 11) is 1.77. The SMILES string of the molecule is COC1CCCN(c2ccc(NC(=O)C=Cc3ccco3)cc2)C1. The van der Waals surface area contributed by atoms with Gasteiger partial charge in [0.1, 0.15) is 5.76 Å². The van der Waals surface area contributed by atoms with E-state index < -0.39 is 0 Å². The van der Waals surface area contributed by atoms with Gasteiger partial charge in [-0.05, 0) is 55.3 Å². The molecular formula is C19H22N2O3. The van der Waals surface area contributed by atoms with Crippen LogP contribution in [0.4, 0.5) is 11.4 Å². The minimum absolute atomic E-state index is 0.184. The summed E-state index contributed by atoms with van der Waals surface area (Å²) in [5.74, 6) is 0.467. The summed E-state index contributed by atoms with van der Waals surface area (Å²) in [6, 6.07) is 11.5. The third-order valence-electron chi connectivity index (χ3n) is 4.15. The van der Waals surface area contributed by atoms with Gasteiger partial charge in [0.2, 0.25) is 5.91 Å². The molecule has 0 radical (unpaired) electrons. The van der Waals surface area contributed by atoms with Gasteiger partial charge in [0.05, 0.1) is 12.4 Å². The maximum atomic E-state index is 11.9. The molecule has 0 saturated carbocycles. The zero-order valence-electron chi connectivity index (χ0n) is 13.8. The van der Waals surface area contributed by atoms with Crippen LogP contribution in [0.25, 0.3) is 6.08 Å². The van der Waals surface area contributed by atoms with Crippen LogP contribution in [0.1, 0.15) is 18.6 Å². The van der Waals surface area contributed by atoms with E-state index in [2.05, 4.69) is 10.2 Å². The van der Waals surface area contributed by atoms with Gasteiger partial charge in [0.15, 0.2) is 0 Å². The Morgan fingerprint density at radius 1 is 1.33 bits per heavy atom. The quantitative estimate of drug-likeness (QED) is 0.854. The highest BCUT2D eigenvalue weighted by Crippen LogP contribution is 2.23. The number of piperidine rings is 1. The number of rotatable bonds is 5. The number of nitrogens with zero attached hydrogens (tertiary/aromatic N) is 1. The molecule has 5 heteroatoms. The Morgan fingerprint density at radius 3 is 2.88 bits per heavy atom. The normalized spacial score (nSPS) is 18.0. The molecule has 1 saturated heterocycles. The van der Waals surface area contributed by atoms with Crippen LogP contribution in [0.15, 0.2) is 53.2 Å². The van der Waals surface area contributed by atoms with Crippen molar-refractivity contribution in [3.05, 3.63) is 54.5 Å². The molecule has 1 aliphatic rings. The predicted octanol–water partition coefficient (Wildman–Crippen LogP) is 3.55. The molecule has 1 fully saturated rings. The number of hydrogen-bond acceptors (Lipinski definition) is 4. The van der Waals surface area contributed by atoms with Crippen molar-refractivity contribution in [1.82, 2.24) is 0 Å². The van der Waals surface area contributed by atoms with Crippen molar-refractivity contribution in [2.24, 2.45) is 0 Å². The number of amides is 1. The van der Waals surface area contributed by atoms with Gasteiger partial charge < -0.3 is 19.4 Å². The maximum Gasteiger partial charge on any atom is 0.248 e. The van der Waals surface area contributed by atoms with Gasteiger partial charge in [0.25, 0.3) is 0 Å². The summed E-state index contributed by atoms with van der Waals surface area (Å²) in [5, 5.41) is 2.84. The lowest BCUT2D eigenvalue weighted by Crippen LogP contribution is -2.39. The van der Waals surface area contributed by atoms with Gasteiger partial charge in [-0.25, -0.2) is 0 Å². The molecule has 2 aromatic rings. The first kappa shape index (κ1) is 16.3. The summed E-state index contributed by atoms with van der Waals surface area (Å²) in [6.45, 7) is 1.95. The molecule has 1 aromatic heterocycles. The molecule has 1 atom stereocenters. The molecule has 24 heavy (non-hydrogen) atoms. The van der Waals surface area contributed by atoms with Crippen LogP contribution in [0.2, 0.25) is 0 Å². The van der Waals surface area contributed by atoms with Crippen molar-refractivity contribution in [3.63, 3.8) is 0 Å². The van der Waals surface area contributed by atoms with E-state index in [0.29, 0.717) is 11.9 Å². The van der Waals surface area contributed by atoms with Crippen molar-refractivity contribution in [2.75, 3.05) is 30.4 Å². The minimum Gasteiger partial charge on any atom is -0.465 e. The molecular weight excluding hydrogens is 304 g/mol. The monoisotopic (exact) mass is 326 g/mol. The van der Waals surface area contributed by atoms with Crippen LogP contribution in [-0.4, -0.2) is 32.2 Å². The van der Waals surface area contributed by atoms with Crippen LogP contribution in [-0.2, 0) is 9.53 Å². The zero-order chi connectivity index (χ0) is 16.8. The molecule has 5 nitrogen and oxygen atoms in total. The van der Waals surface area contributed by atoms with Crippen LogP contribution >= 0.6 is 0 Å². The largest absolute Gasteiger partial charge is 0.465 e. The van der Waals surface area contributed by atoms with Crippen LogP contribution in [0.5, 0.6) is 0 Å². The molecule has 1 aliphatic heterocycles. The fraction of sp³-hybridized carbons (Fsp3) is 0.316. The van der Waals surface area contributed by atoms with Crippen molar-refractivity contribution in [3.8, 4) is 0 Å². The predicted molar refractivity (Wildman–Crippen MR) is 95.1 cm³/mol. The highest BCUT2D eigenvalue weighted by Gasteiger charge is 2.19. The number of hydrogen-bond donors (Lipinski definition) is 1. The Labute approximate surface area is 141 Å². The molecule has 2 heterocycles. The third kappa shape index (κ3) is 4.26. The van der Waals surface area contributed by atoms with Crippen molar-refractivity contribution < 1.29 is 13.9 Å².